The van der Waals surface area contributed by atoms with E-state index in [0.717, 1.165) is 0 Å². The van der Waals surface area contributed by atoms with Gasteiger partial charge >= 0.3 is 0 Å². The largest absolute Gasteiger partial charge is 0.308 e. The fourth-order valence-corrected chi connectivity index (χ4v) is 1.48. The monoisotopic (exact) mass is 176 g/mol. The van der Waals surface area contributed by atoms with Crippen LogP contribution in [-0.4, -0.2) is 23.7 Å². The number of aromatic nitrogens is 1. The fraction of sp³-hybridized carbons (Fsp3) is 0.222. The van der Waals surface area contributed by atoms with Crippen molar-refractivity contribution < 1.29 is 9.59 Å². The quantitative estimate of drug-likeness (QED) is 0.542. The normalized spacial score (nSPS) is 15.1. The van der Waals surface area contributed by atoms with Crippen LogP contribution in [0.3, 0.4) is 0 Å². The van der Waals surface area contributed by atoms with Gasteiger partial charge in [-0.1, -0.05) is 0 Å². The molecule has 1 aliphatic heterocycles. The maximum atomic E-state index is 11.4. The van der Waals surface area contributed by atoms with Crippen molar-refractivity contribution >= 4 is 17.4 Å². The van der Waals surface area contributed by atoms with Gasteiger partial charge in [-0.05, 0) is 13.0 Å². The number of anilines is 1. The highest BCUT2D eigenvalue weighted by atomic mass is 16.2. The van der Waals surface area contributed by atoms with Crippen molar-refractivity contribution in [1.29, 1.82) is 0 Å². The summed E-state index contributed by atoms with van der Waals surface area (Å²) in [5.41, 5.74) is 1.71. The second kappa shape index (κ2) is 2.39. The first-order chi connectivity index (χ1) is 6.13. The molecule has 0 atom stereocenters. The third kappa shape index (κ3) is 0.884. The van der Waals surface area contributed by atoms with Crippen LogP contribution in [0.4, 0.5) is 5.69 Å². The topological polar surface area (TPSA) is 50.3 Å². The lowest BCUT2D eigenvalue weighted by molar-refractivity contribution is -0.114. The molecule has 0 N–H and O–H groups in total. The number of aryl methyl sites for hydroxylation is 1. The lowest BCUT2D eigenvalue weighted by Crippen LogP contribution is -2.24. The summed E-state index contributed by atoms with van der Waals surface area (Å²) in [6, 6.07) is 1.67. The first-order valence-electron chi connectivity index (χ1n) is 3.91. The number of rotatable bonds is 0. The average molecular weight is 176 g/mol. The summed E-state index contributed by atoms with van der Waals surface area (Å²) in [7, 11) is 1.59. The van der Waals surface area contributed by atoms with E-state index < -0.39 is 11.7 Å². The van der Waals surface area contributed by atoms with Crippen LogP contribution < -0.4 is 4.90 Å². The molecule has 4 heteroatoms. The number of nitrogens with zero attached hydrogens (tertiary/aromatic N) is 2. The van der Waals surface area contributed by atoms with Gasteiger partial charge in [0.2, 0.25) is 0 Å². The van der Waals surface area contributed by atoms with Crippen molar-refractivity contribution in [3.63, 3.8) is 0 Å². The Morgan fingerprint density at radius 2 is 2.08 bits per heavy atom. The highest BCUT2D eigenvalue weighted by molar-refractivity contribution is 6.52. The zero-order valence-electron chi connectivity index (χ0n) is 7.37. The van der Waals surface area contributed by atoms with E-state index in [9.17, 15) is 9.59 Å². The Morgan fingerprint density at radius 3 is 2.69 bits per heavy atom. The molecule has 0 fully saturated rings. The predicted molar refractivity (Wildman–Crippen MR) is 46.7 cm³/mol. The number of carbonyl (C=O) groups excluding carboxylic acids is 2. The van der Waals surface area contributed by atoms with Crippen molar-refractivity contribution in [2.75, 3.05) is 11.9 Å². The number of Topliss-reactive ketones (excluding diaryl/α,β-unsaturated/α-hetero) is 1. The molecule has 0 saturated carbocycles. The van der Waals surface area contributed by atoms with E-state index in [1.54, 1.807) is 26.2 Å². The first kappa shape index (κ1) is 7.91. The summed E-state index contributed by atoms with van der Waals surface area (Å²) in [4.78, 5) is 28.0. The summed E-state index contributed by atoms with van der Waals surface area (Å²) in [6.45, 7) is 1.73. The number of hydrogen-bond acceptors (Lipinski definition) is 3. The Morgan fingerprint density at radius 1 is 1.38 bits per heavy atom. The lowest BCUT2D eigenvalue weighted by Gasteiger charge is -2.07. The van der Waals surface area contributed by atoms with Crippen molar-refractivity contribution in [3.05, 3.63) is 23.5 Å². The molecule has 1 aliphatic rings. The third-order valence-corrected chi connectivity index (χ3v) is 2.21. The summed E-state index contributed by atoms with van der Waals surface area (Å²) < 4.78 is 0. The molecule has 0 unspecified atom stereocenters. The minimum Gasteiger partial charge on any atom is -0.308 e. The van der Waals surface area contributed by atoms with E-state index in [-0.39, 0.29) is 0 Å². The van der Waals surface area contributed by atoms with Gasteiger partial charge in [-0.2, -0.15) is 0 Å². The van der Waals surface area contributed by atoms with E-state index in [1.807, 2.05) is 0 Å². The number of likely N-dealkylation sites (N-methyl/N-ethyl adjacent to an activating group) is 1. The zero-order valence-corrected chi connectivity index (χ0v) is 7.37. The average Bonchev–Trinajstić information content (AvgIpc) is 2.33. The van der Waals surface area contributed by atoms with Crippen LogP contribution in [0.1, 0.15) is 16.1 Å². The molecule has 0 spiro atoms. The van der Waals surface area contributed by atoms with Gasteiger partial charge in [0.1, 0.15) is 0 Å². The maximum absolute atomic E-state index is 11.4. The summed E-state index contributed by atoms with van der Waals surface area (Å²) >= 11 is 0. The van der Waals surface area contributed by atoms with Gasteiger partial charge in [0.15, 0.2) is 0 Å². The molecule has 66 valence electrons. The van der Waals surface area contributed by atoms with Crippen molar-refractivity contribution in [2.24, 2.45) is 0 Å². The molecule has 4 nitrogen and oxygen atoms in total. The number of hydrogen-bond donors (Lipinski definition) is 0. The lowest BCUT2D eigenvalue weighted by atomic mass is 10.1. The maximum Gasteiger partial charge on any atom is 0.299 e. The highest BCUT2D eigenvalue weighted by Gasteiger charge is 2.34. The molecule has 1 aromatic heterocycles. The van der Waals surface area contributed by atoms with E-state index in [2.05, 4.69) is 4.98 Å². The molecule has 2 rings (SSSR count). The Kier molecular flexibility index (Phi) is 1.45. The summed E-state index contributed by atoms with van der Waals surface area (Å²) in [5.74, 6) is -0.936. The Labute approximate surface area is 75.2 Å². The SMILES string of the molecule is Cc1nccc2c1C(=O)C(=O)N2C. The minimum absolute atomic E-state index is 0.440. The molecule has 0 bridgehead atoms. The second-order valence-corrected chi connectivity index (χ2v) is 2.98. The van der Waals surface area contributed by atoms with Crippen LogP contribution in [0.2, 0.25) is 0 Å². The first-order valence-corrected chi connectivity index (χ1v) is 3.91. The smallest absolute Gasteiger partial charge is 0.299 e. The predicted octanol–water partition coefficient (Wildman–Crippen LogP) is 0.549. The van der Waals surface area contributed by atoms with Gasteiger partial charge in [0.25, 0.3) is 11.7 Å². The third-order valence-electron chi connectivity index (χ3n) is 2.21. The number of ketones is 1. The van der Waals surface area contributed by atoms with Crippen LogP contribution in [-0.2, 0) is 4.79 Å². The number of amides is 1. The van der Waals surface area contributed by atoms with E-state index >= 15 is 0 Å². The van der Waals surface area contributed by atoms with E-state index in [4.69, 9.17) is 0 Å². The molecule has 1 amide bonds. The zero-order chi connectivity index (χ0) is 9.59. The number of pyridine rings is 1. The van der Waals surface area contributed by atoms with Crippen LogP contribution in [0.15, 0.2) is 12.3 Å². The Hall–Kier alpha value is -1.71. The fourth-order valence-electron chi connectivity index (χ4n) is 1.48. The molecule has 0 aromatic carbocycles. The van der Waals surface area contributed by atoms with Crippen molar-refractivity contribution in [2.45, 2.75) is 6.92 Å². The van der Waals surface area contributed by atoms with Gasteiger partial charge in [-0.3, -0.25) is 14.6 Å². The molecule has 0 radical (unpaired) electrons. The Balaban J connectivity index is 2.73. The van der Waals surface area contributed by atoms with Gasteiger partial charge in [-0.15, -0.1) is 0 Å². The van der Waals surface area contributed by atoms with E-state index in [1.165, 1.54) is 4.90 Å². The van der Waals surface area contributed by atoms with Crippen LogP contribution >= 0.6 is 0 Å². The van der Waals surface area contributed by atoms with E-state index in [0.29, 0.717) is 16.9 Å². The Bertz CT molecular complexity index is 412. The molecule has 13 heavy (non-hydrogen) atoms. The summed E-state index contributed by atoms with van der Waals surface area (Å²) in [6.07, 6.45) is 1.59. The van der Waals surface area contributed by atoms with Gasteiger partial charge in [0, 0.05) is 13.2 Å². The number of fused-ring (bicyclic) bond motifs is 1. The van der Waals surface area contributed by atoms with Gasteiger partial charge in [-0.25, -0.2) is 0 Å². The minimum atomic E-state index is -0.480. The van der Waals surface area contributed by atoms with Gasteiger partial charge < -0.3 is 4.90 Å². The van der Waals surface area contributed by atoms with Gasteiger partial charge in [0.05, 0.1) is 16.9 Å². The highest BCUT2D eigenvalue weighted by Crippen LogP contribution is 2.28. The number of carbonyl (C=O) groups is 2. The standard InChI is InChI=1S/C9H8N2O2/c1-5-7-6(3-4-10-5)11(2)9(13)8(7)12/h3-4H,1-2H3. The molecular formula is C9H8N2O2. The molecular weight excluding hydrogens is 168 g/mol. The summed E-state index contributed by atoms with van der Waals surface area (Å²) in [5, 5.41) is 0. The molecule has 2 heterocycles. The van der Waals surface area contributed by atoms with Crippen molar-refractivity contribution in [3.8, 4) is 0 Å². The second-order valence-electron chi connectivity index (χ2n) is 2.98. The van der Waals surface area contributed by atoms with Crippen LogP contribution in [0, 0.1) is 6.92 Å². The van der Waals surface area contributed by atoms with Crippen molar-refractivity contribution in [1.82, 2.24) is 4.98 Å². The van der Waals surface area contributed by atoms with Crippen LogP contribution in [0.25, 0.3) is 0 Å². The molecule has 0 aliphatic carbocycles. The molecule has 0 saturated heterocycles. The molecule has 1 aromatic rings. The van der Waals surface area contributed by atoms with Crippen LogP contribution in [0.5, 0.6) is 0 Å².